The molecule has 136 valence electrons. The summed E-state index contributed by atoms with van der Waals surface area (Å²) in [5.74, 6) is -0.330. The maximum absolute atomic E-state index is 13.7. The van der Waals surface area contributed by atoms with Crippen molar-refractivity contribution in [3.63, 3.8) is 0 Å². The molecule has 1 aliphatic carbocycles. The number of carbonyl (C=O) groups excluding carboxylic acids is 2. The van der Waals surface area contributed by atoms with E-state index >= 15 is 0 Å². The Morgan fingerprint density at radius 2 is 2.12 bits per heavy atom. The van der Waals surface area contributed by atoms with E-state index in [1.165, 1.54) is 12.7 Å². The summed E-state index contributed by atoms with van der Waals surface area (Å²) in [6.07, 6.45) is 3.33. The van der Waals surface area contributed by atoms with Crippen molar-refractivity contribution in [2.75, 3.05) is 32.1 Å². The largest absolute Gasteiger partial charge is 0.469 e. The summed E-state index contributed by atoms with van der Waals surface area (Å²) < 4.78 is 5.31. The number of rotatable bonds is 1. The minimum atomic E-state index is -0.767. The average Bonchev–Trinajstić information content (AvgIpc) is 3.03. The first-order valence-electron chi connectivity index (χ1n) is 9.38. The zero-order chi connectivity index (χ0) is 18.3. The number of fused-ring (bicyclic) bond motifs is 3. The van der Waals surface area contributed by atoms with Crippen LogP contribution in [0, 0.1) is 11.8 Å². The molecule has 0 radical (unpaired) electrons. The van der Waals surface area contributed by atoms with E-state index in [1.54, 1.807) is 0 Å². The Balaban J connectivity index is 1.90. The van der Waals surface area contributed by atoms with Crippen LogP contribution in [0.25, 0.3) is 0 Å². The predicted molar refractivity (Wildman–Crippen MR) is 97.8 cm³/mol. The summed E-state index contributed by atoms with van der Waals surface area (Å²) in [6.45, 7) is 3.59. The highest BCUT2D eigenvalue weighted by molar-refractivity contribution is 6.02. The Morgan fingerprint density at radius 3 is 2.85 bits per heavy atom. The second-order valence-electron chi connectivity index (χ2n) is 7.99. The zero-order valence-corrected chi connectivity index (χ0v) is 15.5. The van der Waals surface area contributed by atoms with E-state index in [2.05, 4.69) is 28.0 Å². The second kappa shape index (κ2) is 4.97. The molecular weight excluding hydrogens is 328 g/mol. The molecule has 5 atom stereocenters. The number of ether oxygens (including phenoxy) is 1. The Hall–Kier alpha value is -2.14. The van der Waals surface area contributed by atoms with Crippen molar-refractivity contribution >= 4 is 17.4 Å². The smallest absolute Gasteiger partial charge is 0.310 e. The number of hydrogen-bond donors (Lipinski definition) is 0. The lowest BCUT2D eigenvalue weighted by Gasteiger charge is -2.52. The van der Waals surface area contributed by atoms with Crippen molar-refractivity contribution in [2.24, 2.45) is 11.8 Å². The number of Topliss-reactive ketones (excluding diaryl/α,β-unsaturated/α-hetero) is 1. The van der Waals surface area contributed by atoms with Crippen LogP contribution in [-0.2, 0) is 19.7 Å². The van der Waals surface area contributed by atoms with Crippen LogP contribution in [0.3, 0.4) is 0 Å². The molecule has 0 aromatic heterocycles. The van der Waals surface area contributed by atoms with Crippen LogP contribution < -0.4 is 4.90 Å². The molecule has 6 rings (SSSR count). The fourth-order valence-corrected chi connectivity index (χ4v) is 6.71. The van der Waals surface area contributed by atoms with Gasteiger partial charge in [-0.2, -0.15) is 0 Å². The minimum Gasteiger partial charge on any atom is -0.469 e. The number of esters is 1. The lowest BCUT2D eigenvalue weighted by Crippen LogP contribution is -2.71. The summed E-state index contributed by atoms with van der Waals surface area (Å²) in [4.78, 5) is 31.3. The fourth-order valence-electron chi connectivity index (χ4n) is 6.71. The summed E-state index contributed by atoms with van der Waals surface area (Å²) >= 11 is 0. The quantitative estimate of drug-likeness (QED) is 0.572. The van der Waals surface area contributed by atoms with Crippen LogP contribution in [-0.4, -0.2) is 49.6 Å². The standard InChI is InChI=1S/C21H24N2O3/c1-4-13-12-23-10-9-20-15-7-5-6-8-16(15)22(2)21(20,23)17(24)11-14(13)18(20)19(25)26-3/h4-8,14,18H,9-12H2,1-3H3/b13-4+/t14-,18+,20+,21+/m1/s1. The van der Waals surface area contributed by atoms with Crippen LogP contribution >= 0.6 is 0 Å². The monoisotopic (exact) mass is 352 g/mol. The van der Waals surface area contributed by atoms with Gasteiger partial charge in [0, 0.05) is 38.2 Å². The van der Waals surface area contributed by atoms with Crippen LogP contribution in [0.1, 0.15) is 25.3 Å². The Morgan fingerprint density at radius 1 is 1.35 bits per heavy atom. The Labute approximate surface area is 153 Å². The molecule has 4 bridgehead atoms. The number of likely N-dealkylation sites (N-methyl/N-ethyl adjacent to an activating group) is 1. The molecule has 1 aromatic rings. The van der Waals surface area contributed by atoms with Crippen molar-refractivity contribution in [3.05, 3.63) is 41.5 Å². The molecule has 5 nitrogen and oxygen atoms in total. The van der Waals surface area contributed by atoms with E-state index in [0.717, 1.165) is 30.8 Å². The van der Waals surface area contributed by atoms with Gasteiger partial charge in [-0.3, -0.25) is 14.5 Å². The molecule has 1 spiro atoms. The number of benzene rings is 1. The lowest BCUT2D eigenvalue weighted by atomic mass is 9.54. The van der Waals surface area contributed by atoms with Crippen molar-refractivity contribution in [1.82, 2.24) is 4.90 Å². The van der Waals surface area contributed by atoms with Gasteiger partial charge in [-0.25, -0.2) is 0 Å². The molecule has 0 amide bonds. The third-order valence-electron chi connectivity index (χ3n) is 7.49. The number of nitrogens with zero attached hydrogens (tertiary/aromatic N) is 2. The summed E-state index contributed by atoms with van der Waals surface area (Å²) in [5.41, 5.74) is 2.11. The fraction of sp³-hybridized carbons (Fsp3) is 0.524. The summed E-state index contributed by atoms with van der Waals surface area (Å²) in [7, 11) is 3.49. The molecule has 0 N–H and O–H groups in total. The van der Waals surface area contributed by atoms with Crippen molar-refractivity contribution in [2.45, 2.75) is 30.8 Å². The van der Waals surface area contributed by atoms with Crippen molar-refractivity contribution in [1.29, 1.82) is 0 Å². The van der Waals surface area contributed by atoms with Gasteiger partial charge >= 0.3 is 5.97 Å². The average molecular weight is 352 g/mol. The summed E-state index contributed by atoms with van der Waals surface area (Å²) in [5, 5.41) is 0. The number of hydrogen-bond acceptors (Lipinski definition) is 5. The predicted octanol–water partition coefficient (Wildman–Crippen LogP) is 2.11. The van der Waals surface area contributed by atoms with E-state index in [4.69, 9.17) is 4.74 Å². The van der Waals surface area contributed by atoms with Crippen molar-refractivity contribution < 1.29 is 14.3 Å². The molecule has 3 saturated heterocycles. The number of carbonyl (C=O) groups is 2. The molecule has 4 aliphatic heterocycles. The van der Waals surface area contributed by atoms with E-state index in [9.17, 15) is 9.59 Å². The van der Waals surface area contributed by atoms with Gasteiger partial charge < -0.3 is 9.64 Å². The highest BCUT2D eigenvalue weighted by Gasteiger charge is 2.79. The van der Waals surface area contributed by atoms with Gasteiger partial charge in [0.05, 0.1) is 18.4 Å². The van der Waals surface area contributed by atoms with Gasteiger partial charge in [0.2, 0.25) is 0 Å². The lowest BCUT2D eigenvalue weighted by molar-refractivity contribution is -0.157. The highest BCUT2D eigenvalue weighted by atomic mass is 16.5. The van der Waals surface area contributed by atoms with Gasteiger partial charge in [-0.15, -0.1) is 0 Å². The van der Waals surface area contributed by atoms with E-state index in [0.29, 0.717) is 6.42 Å². The first-order chi connectivity index (χ1) is 12.5. The second-order valence-corrected chi connectivity index (χ2v) is 7.99. The van der Waals surface area contributed by atoms with Gasteiger partial charge in [0.1, 0.15) is 0 Å². The van der Waals surface area contributed by atoms with Gasteiger partial charge in [0.15, 0.2) is 11.4 Å². The third-order valence-corrected chi connectivity index (χ3v) is 7.49. The number of allylic oxidation sites excluding steroid dienone is 1. The molecule has 4 fully saturated rings. The van der Waals surface area contributed by atoms with E-state index < -0.39 is 11.1 Å². The highest BCUT2D eigenvalue weighted by Crippen LogP contribution is 2.68. The van der Waals surface area contributed by atoms with Crippen LogP contribution in [0.15, 0.2) is 35.9 Å². The maximum Gasteiger partial charge on any atom is 0.310 e. The Kier molecular flexibility index (Phi) is 3.07. The first kappa shape index (κ1) is 16.1. The van der Waals surface area contributed by atoms with Gasteiger partial charge in [-0.1, -0.05) is 29.8 Å². The van der Waals surface area contributed by atoms with Gasteiger partial charge in [0.25, 0.3) is 0 Å². The minimum absolute atomic E-state index is 0.0714. The molecule has 1 unspecified atom stereocenters. The third kappa shape index (κ3) is 1.42. The normalized spacial score (nSPS) is 41.2. The summed E-state index contributed by atoms with van der Waals surface area (Å²) in [6, 6.07) is 8.23. The molecule has 4 heterocycles. The number of methoxy groups -OCH3 is 1. The Bertz CT molecular complexity index is 863. The molecule has 1 saturated carbocycles. The molecular formula is C21H24N2O3. The van der Waals surface area contributed by atoms with E-state index in [1.807, 2.05) is 26.1 Å². The van der Waals surface area contributed by atoms with Crippen LogP contribution in [0.2, 0.25) is 0 Å². The number of ketones is 1. The SMILES string of the molecule is C/C=C1\CN2CC[C@@]34c5ccccc5N(C)[C@@]23C(=O)C[C@H]1[C@H]4C(=O)OC. The molecule has 5 aliphatic rings. The van der Waals surface area contributed by atoms with Crippen LogP contribution in [0.5, 0.6) is 0 Å². The number of para-hydroxylation sites is 1. The zero-order valence-electron chi connectivity index (χ0n) is 15.5. The maximum atomic E-state index is 13.7. The molecule has 5 heteroatoms. The molecule has 1 aromatic carbocycles. The number of anilines is 1. The van der Waals surface area contributed by atoms with E-state index in [-0.39, 0.29) is 23.6 Å². The topological polar surface area (TPSA) is 49.9 Å². The van der Waals surface area contributed by atoms with Crippen LogP contribution in [0.4, 0.5) is 5.69 Å². The first-order valence-corrected chi connectivity index (χ1v) is 9.38. The van der Waals surface area contributed by atoms with Gasteiger partial charge in [-0.05, 0) is 25.0 Å². The molecule has 26 heavy (non-hydrogen) atoms. The van der Waals surface area contributed by atoms with Crippen molar-refractivity contribution in [3.8, 4) is 0 Å².